The van der Waals surface area contributed by atoms with Crippen molar-refractivity contribution in [2.75, 3.05) is 19.0 Å². The third-order valence-corrected chi connectivity index (χ3v) is 3.27. The van der Waals surface area contributed by atoms with Crippen LogP contribution >= 0.6 is 15.9 Å². The average Bonchev–Trinajstić information content (AvgIpc) is 2.21. The SMILES string of the molecule is CCC(COC)Nc1c(C)cc(C)cc1Br. The lowest BCUT2D eigenvalue weighted by Crippen LogP contribution is -2.24. The second kappa shape index (κ2) is 6.26. The fourth-order valence-electron chi connectivity index (χ4n) is 1.77. The summed E-state index contributed by atoms with van der Waals surface area (Å²) in [6.45, 7) is 7.12. The monoisotopic (exact) mass is 285 g/mol. The number of hydrogen-bond acceptors (Lipinski definition) is 2. The number of nitrogens with one attached hydrogen (secondary N) is 1. The number of hydrogen-bond donors (Lipinski definition) is 1. The molecule has 1 aromatic carbocycles. The molecule has 90 valence electrons. The minimum atomic E-state index is 0.364. The van der Waals surface area contributed by atoms with Gasteiger partial charge in [-0.25, -0.2) is 0 Å². The zero-order valence-corrected chi connectivity index (χ0v) is 12.0. The molecule has 0 saturated carbocycles. The first-order chi connectivity index (χ1) is 7.58. The minimum Gasteiger partial charge on any atom is -0.383 e. The van der Waals surface area contributed by atoms with Gasteiger partial charge in [-0.2, -0.15) is 0 Å². The predicted octanol–water partition coefficient (Wildman–Crippen LogP) is 3.90. The number of methoxy groups -OCH3 is 1. The molecule has 1 rings (SSSR count). The zero-order valence-electron chi connectivity index (χ0n) is 10.4. The fourth-order valence-corrected chi connectivity index (χ4v) is 2.55. The Kier molecular flexibility index (Phi) is 5.29. The molecule has 0 amide bonds. The van der Waals surface area contributed by atoms with Crippen LogP contribution in [-0.2, 0) is 4.74 Å². The largest absolute Gasteiger partial charge is 0.383 e. The van der Waals surface area contributed by atoms with Gasteiger partial charge in [0.2, 0.25) is 0 Å². The first-order valence-corrected chi connectivity index (χ1v) is 6.40. The topological polar surface area (TPSA) is 21.3 Å². The number of halogens is 1. The normalized spacial score (nSPS) is 12.6. The first kappa shape index (κ1) is 13.5. The molecule has 0 spiro atoms. The van der Waals surface area contributed by atoms with E-state index in [0.29, 0.717) is 6.04 Å². The Balaban J connectivity index is 2.87. The van der Waals surface area contributed by atoms with Crippen LogP contribution in [0.3, 0.4) is 0 Å². The molecular weight excluding hydrogens is 266 g/mol. The molecule has 1 N–H and O–H groups in total. The van der Waals surface area contributed by atoms with Gasteiger partial charge in [-0.15, -0.1) is 0 Å². The van der Waals surface area contributed by atoms with Crippen LogP contribution in [0.2, 0.25) is 0 Å². The molecule has 3 heteroatoms. The molecule has 1 unspecified atom stereocenters. The summed E-state index contributed by atoms with van der Waals surface area (Å²) in [6, 6.07) is 4.68. The van der Waals surface area contributed by atoms with E-state index in [4.69, 9.17) is 4.74 Å². The van der Waals surface area contributed by atoms with Crippen molar-refractivity contribution in [3.8, 4) is 0 Å². The molecule has 0 fully saturated rings. The van der Waals surface area contributed by atoms with E-state index in [1.54, 1.807) is 7.11 Å². The Labute approximate surface area is 107 Å². The zero-order chi connectivity index (χ0) is 12.1. The number of rotatable bonds is 5. The molecule has 0 aromatic heterocycles. The summed E-state index contributed by atoms with van der Waals surface area (Å²) in [7, 11) is 1.74. The second-order valence-corrected chi connectivity index (χ2v) is 5.00. The quantitative estimate of drug-likeness (QED) is 0.886. The van der Waals surface area contributed by atoms with Crippen molar-refractivity contribution >= 4 is 21.6 Å². The van der Waals surface area contributed by atoms with Crippen LogP contribution in [-0.4, -0.2) is 19.8 Å². The van der Waals surface area contributed by atoms with Crippen molar-refractivity contribution in [1.82, 2.24) is 0 Å². The van der Waals surface area contributed by atoms with E-state index < -0.39 is 0 Å². The molecule has 1 aromatic rings. The Hall–Kier alpha value is -0.540. The van der Waals surface area contributed by atoms with Gasteiger partial charge >= 0.3 is 0 Å². The van der Waals surface area contributed by atoms with Gasteiger partial charge in [-0.3, -0.25) is 0 Å². The van der Waals surface area contributed by atoms with Crippen molar-refractivity contribution in [2.45, 2.75) is 33.2 Å². The third kappa shape index (κ3) is 3.49. The Bertz CT molecular complexity index is 329. The lowest BCUT2D eigenvalue weighted by Gasteiger charge is -2.20. The van der Waals surface area contributed by atoms with Crippen LogP contribution in [0.1, 0.15) is 24.5 Å². The summed E-state index contributed by atoms with van der Waals surface area (Å²) in [5.41, 5.74) is 3.71. The highest BCUT2D eigenvalue weighted by Crippen LogP contribution is 2.28. The van der Waals surface area contributed by atoms with Gasteiger partial charge in [0.1, 0.15) is 0 Å². The van der Waals surface area contributed by atoms with E-state index in [1.807, 2.05) is 0 Å². The van der Waals surface area contributed by atoms with Gasteiger partial charge in [-0.05, 0) is 53.4 Å². The van der Waals surface area contributed by atoms with E-state index >= 15 is 0 Å². The molecule has 2 nitrogen and oxygen atoms in total. The predicted molar refractivity (Wildman–Crippen MR) is 73.2 cm³/mol. The Morgan fingerprint density at radius 3 is 2.56 bits per heavy atom. The van der Waals surface area contributed by atoms with Crippen molar-refractivity contribution in [2.24, 2.45) is 0 Å². The maximum atomic E-state index is 5.19. The van der Waals surface area contributed by atoms with E-state index in [1.165, 1.54) is 16.8 Å². The van der Waals surface area contributed by atoms with E-state index in [0.717, 1.165) is 17.5 Å². The molecule has 16 heavy (non-hydrogen) atoms. The standard InChI is InChI=1S/C13H20BrNO/c1-5-11(8-16-4)15-13-10(3)6-9(2)7-12(13)14/h6-7,11,15H,5,8H2,1-4H3. The van der Waals surface area contributed by atoms with Crippen molar-refractivity contribution in [1.29, 1.82) is 0 Å². The smallest absolute Gasteiger partial charge is 0.0663 e. The van der Waals surface area contributed by atoms with Gasteiger partial charge in [0.15, 0.2) is 0 Å². The minimum absolute atomic E-state index is 0.364. The van der Waals surface area contributed by atoms with Gasteiger partial charge in [0, 0.05) is 17.6 Å². The van der Waals surface area contributed by atoms with E-state index in [-0.39, 0.29) is 0 Å². The summed E-state index contributed by atoms with van der Waals surface area (Å²) in [5, 5.41) is 3.52. The maximum absolute atomic E-state index is 5.19. The molecule has 0 aliphatic heterocycles. The highest BCUT2D eigenvalue weighted by Gasteiger charge is 2.10. The highest BCUT2D eigenvalue weighted by atomic mass is 79.9. The Morgan fingerprint density at radius 1 is 1.38 bits per heavy atom. The van der Waals surface area contributed by atoms with Crippen LogP contribution in [0.4, 0.5) is 5.69 Å². The van der Waals surface area contributed by atoms with Gasteiger partial charge in [0.05, 0.1) is 12.3 Å². The van der Waals surface area contributed by atoms with Crippen LogP contribution in [0.25, 0.3) is 0 Å². The van der Waals surface area contributed by atoms with Crippen molar-refractivity contribution < 1.29 is 4.74 Å². The summed E-state index contributed by atoms with van der Waals surface area (Å²) in [6.07, 6.45) is 1.05. The molecule has 0 bridgehead atoms. The van der Waals surface area contributed by atoms with Crippen LogP contribution in [0, 0.1) is 13.8 Å². The average molecular weight is 286 g/mol. The van der Waals surface area contributed by atoms with Crippen molar-refractivity contribution in [3.63, 3.8) is 0 Å². The first-order valence-electron chi connectivity index (χ1n) is 5.60. The molecule has 0 aliphatic carbocycles. The number of aryl methyl sites for hydroxylation is 2. The number of ether oxygens (including phenoxy) is 1. The summed E-state index contributed by atoms with van der Waals surface area (Å²) in [5.74, 6) is 0. The van der Waals surface area contributed by atoms with Crippen molar-refractivity contribution in [3.05, 3.63) is 27.7 Å². The number of anilines is 1. The molecule has 0 radical (unpaired) electrons. The second-order valence-electron chi connectivity index (χ2n) is 4.14. The van der Waals surface area contributed by atoms with E-state index in [9.17, 15) is 0 Å². The van der Waals surface area contributed by atoms with Gasteiger partial charge in [0.25, 0.3) is 0 Å². The van der Waals surface area contributed by atoms with Gasteiger partial charge in [-0.1, -0.05) is 13.0 Å². The fraction of sp³-hybridized carbons (Fsp3) is 0.538. The van der Waals surface area contributed by atoms with Gasteiger partial charge < -0.3 is 10.1 Å². The summed E-state index contributed by atoms with van der Waals surface area (Å²) in [4.78, 5) is 0. The van der Waals surface area contributed by atoms with Crippen LogP contribution in [0.15, 0.2) is 16.6 Å². The lowest BCUT2D eigenvalue weighted by molar-refractivity contribution is 0.184. The summed E-state index contributed by atoms with van der Waals surface area (Å²) < 4.78 is 6.32. The molecular formula is C13H20BrNO. The molecule has 0 heterocycles. The summed E-state index contributed by atoms with van der Waals surface area (Å²) >= 11 is 3.60. The molecule has 0 saturated heterocycles. The molecule has 1 atom stereocenters. The lowest BCUT2D eigenvalue weighted by atomic mass is 10.1. The number of benzene rings is 1. The van der Waals surface area contributed by atoms with Crippen LogP contribution in [0.5, 0.6) is 0 Å². The maximum Gasteiger partial charge on any atom is 0.0663 e. The van der Waals surface area contributed by atoms with E-state index in [2.05, 4.69) is 54.2 Å². The third-order valence-electron chi connectivity index (χ3n) is 2.64. The Morgan fingerprint density at radius 2 is 2.06 bits per heavy atom. The highest BCUT2D eigenvalue weighted by molar-refractivity contribution is 9.10. The van der Waals surface area contributed by atoms with Crippen LogP contribution < -0.4 is 5.32 Å². The molecule has 0 aliphatic rings.